The van der Waals surface area contributed by atoms with Gasteiger partial charge >= 0.3 is 6.18 Å². The number of nitrogens with zero attached hydrogens (tertiary/aromatic N) is 1. The van der Waals surface area contributed by atoms with E-state index in [1.165, 1.54) is 12.3 Å². The van der Waals surface area contributed by atoms with E-state index in [2.05, 4.69) is 10.3 Å². The van der Waals surface area contributed by atoms with Crippen molar-refractivity contribution in [2.75, 3.05) is 13.2 Å². The summed E-state index contributed by atoms with van der Waals surface area (Å²) in [6.07, 6.45) is -2.51. The first-order chi connectivity index (χ1) is 8.41. The molecule has 0 radical (unpaired) electrons. The van der Waals surface area contributed by atoms with Crippen molar-refractivity contribution in [3.63, 3.8) is 0 Å². The maximum Gasteiger partial charge on any atom is 0.421 e. The van der Waals surface area contributed by atoms with Gasteiger partial charge in [-0.05, 0) is 25.1 Å². The fourth-order valence-corrected chi connectivity index (χ4v) is 1.35. The van der Waals surface area contributed by atoms with Crippen LogP contribution in [0.5, 0.6) is 5.88 Å². The molecule has 0 atom stereocenters. The Morgan fingerprint density at radius 2 is 2.11 bits per heavy atom. The second-order valence-corrected chi connectivity index (χ2v) is 4.16. The Balaban J connectivity index is 2.47. The van der Waals surface area contributed by atoms with Crippen molar-refractivity contribution in [2.24, 2.45) is 0 Å². The molecule has 1 heterocycles. The fourth-order valence-electron chi connectivity index (χ4n) is 1.35. The van der Waals surface area contributed by atoms with E-state index in [1.54, 1.807) is 0 Å². The van der Waals surface area contributed by atoms with Crippen molar-refractivity contribution in [3.8, 4) is 5.88 Å². The summed E-state index contributed by atoms with van der Waals surface area (Å²) in [6.45, 7) is 4.91. The van der Waals surface area contributed by atoms with Gasteiger partial charge in [-0.3, -0.25) is 0 Å². The first-order valence-electron chi connectivity index (χ1n) is 5.79. The van der Waals surface area contributed by atoms with Crippen LogP contribution in [-0.4, -0.2) is 24.2 Å². The fraction of sp³-hybridized carbons (Fsp3) is 0.583. The van der Waals surface area contributed by atoms with E-state index >= 15 is 0 Å². The molecule has 1 rings (SSSR count). The molecule has 0 bridgehead atoms. The molecule has 1 N–H and O–H groups in total. The monoisotopic (exact) mass is 262 g/mol. The highest BCUT2D eigenvalue weighted by molar-refractivity contribution is 5.28. The molecule has 0 fully saturated rings. The molecule has 0 aliphatic carbocycles. The molecule has 0 aliphatic rings. The summed E-state index contributed by atoms with van der Waals surface area (Å²) >= 11 is 0. The number of rotatable bonds is 6. The Kier molecular flexibility index (Phi) is 5.40. The van der Waals surface area contributed by atoms with Crippen LogP contribution >= 0.6 is 0 Å². The smallest absolute Gasteiger partial charge is 0.421 e. The largest absolute Gasteiger partial charge is 0.477 e. The summed E-state index contributed by atoms with van der Waals surface area (Å²) in [5.41, 5.74) is -0.832. The van der Waals surface area contributed by atoms with E-state index in [1.807, 2.05) is 13.8 Å². The molecule has 102 valence electrons. The van der Waals surface area contributed by atoms with Gasteiger partial charge in [0.05, 0.1) is 6.61 Å². The molecule has 0 amide bonds. The second kappa shape index (κ2) is 6.58. The van der Waals surface area contributed by atoms with Gasteiger partial charge in [0, 0.05) is 12.2 Å². The van der Waals surface area contributed by atoms with Crippen molar-refractivity contribution in [2.45, 2.75) is 32.5 Å². The van der Waals surface area contributed by atoms with Gasteiger partial charge in [0.2, 0.25) is 5.88 Å². The van der Waals surface area contributed by atoms with Crippen LogP contribution in [0.3, 0.4) is 0 Å². The predicted molar refractivity (Wildman–Crippen MR) is 62.5 cm³/mol. The van der Waals surface area contributed by atoms with Crippen molar-refractivity contribution in [3.05, 3.63) is 23.9 Å². The Morgan fingerprint density at radius 3 is 2.72 bits per heavy atom. The third-order valence-electron chi connectivity index (χ3n) is 2.19. The van der Waals surface area contributed by atoms with E-state index in [4.69, 9.17) is 4.74 Å². The number of halogens is 3. The van der Waals surface area contributed by atoms with Gasteiger partial charge in [-0.15, -0.1) is 0 Å². The summed E-state index contributed by atoms with van der Waals surface area (Å²) < 4.78 is 42.9. The van der Waals surface area contributed by atoms with Crippen LogP contribution < -0.4 is 10.1 Å². The summed E-state index contributed by atoms with van der Waals surface area (Å²) in [4.78, 5) is 3.62. The topological polar surface area (TPSA) is 34.1 Å². The van der Waals surface area contributed by atoms with Crippen LogP contribution in [0.1, 0.15) is 25.8 Å². The normalized spacial score (nSPS) is 11.9. The SMILES string of the molecule is CC(C)NCCCOc1ncccc1C(F)(F)F. The van der Waals surface area contributed by atoms with Gasteiger partial charge in [-0.25, -0.2) is 4.98 Å². The third-order valence-corrected chi connectivity index (χ3v) is 2.19. The van der Waals surface area contributed by atoms with Crippen LogP contribution in [-0.2, 0) is 6.18 Å². The van der Waals surface area contributed by atoms with Gasteiger partial charge in [0.15, 0.2) is 0 Å². The number of alkyl halides is 3. The summed E-state index contributed by atoms with van der Waals surface area (Å²) in [5.74, 6) is -0.352. The molecule has 0 unspecified atom stereocenters. The maximum absolute atomic E-state index is 12.6. The molecular weight excluding hydrogens is 245 g/mol. The number of ether oxygens (including phenoxy) is 1. The lowest BCUT2D eigenvalue weighted by molar-refractivity contribution is -0.139. The number of pyridine rings is 1. The highest BCUT2D eigenvalue weighted by Gasteiger charge is 2.34. The molecule has 6 heteroatoms. The molecular formula is C12H17F3N2O. The van der Waals surface area contributed by atoms with Crippen LogP contribution in [0.2, 0.25) is 0 Å². The Morgan fingerprint density at radius 1 is 1.39 bits per heavy atom. The quantitative estimate of drug-likeness (QED) is 0.800. The van der Waals surface area contributed by atoms with E-state index in [9.17, 15) is 13.2 Å². The van der Waals surface area contributed by atoms with Crippen LogP contribution in [0.25, 0.3) is 0 Å². The predicted octanol–water partition coefficient (Wildman–Crippen LogP) is 2.87. The van der Waals surface area contributed by atoms with Gasteiger partial charge < -0.3 is 10.1 Å². The van der Waals surface area contributed by atoms with Crippen molar-refractivity contribution in [1.29, 1.82) is 0 Å². The van der Waals surface area contributed by atoms with Crippen molar-refractivity contribution >= 4 is 0 Å². The average Bonchev–Trinajstić information content (AvgIpc) is 2.27. The number of hydrogen-bond acceptors (Lipinski definition) is 3. The van der Waals surface area contributed by atoms with Gasteiger partial charge in [-0.2, -0.15) is 13.2 Å². The first kappa shape index (κ1) is 14.8. The Labute approximate surface area is 104 Å². The third kappa shape index (κ3) is 4.91. The zero-order valence-electron chi connectivity index (χ0n) is 10.4. The summed E-state index contributed by atoms with van der Waals surface area (Å²) in [6, 6.07) is 2.57. The van der Waals surface area contributed by atoms with E-state index in [0.717, 1.165) is 6.07 Å². The molecule has 0 saturated carbocycles. The molecule has 0 aliphatic heterocycles. The highest BCUT2D eigenvalue weighted by Crippen LogP contribution is 2.34. The minimum atomic E-state index is -4.43. The van der Waals surface area contributed by atoms with Crippen LogP contribution in [0.4, 0.5) is 13.2 Å². The molecule has 0 aromatic carbocycles. The lowest BCUT2D eigenvalue weighted by atomic mass is 10.2. The molecule has 0 saturated heterocycles. The minimum absolute atomic E-state index is 0.208. The molecule has 18 heavy (non-hydrogen) atoms. The number of aromatic nitrogens is 1. The standard InChI is InChI=1S/C12H17F3N2O/c1-9(2)16-7-4-8-18-11-10(12(13,14)15)5-3-6-17-11/h3,5-6,9,16H,4,7-8H2,1-2H3. The van der Waals surface area contributed by atoms with Gasteiger partial charge in [0.25, 0.3) is 0 Å². The summed E-state index contributed by atoms with van der Waals surface area (Å²) in [5, 5.41) is 3.15. The minimum Gasteiger partial charge on any atom is -0.477 e. The zero-order valence-corrected chi connectivity index (χ0v) is 10.4. The second-order valence-electron chi connectivity index (χ2n) is 4.16. The lowest BCUT2D eigenvalue weighted by Gasteiger charge is -2.13. The van der Waals surface area contributed by atoms with E-state index in [0.29, 0.717) is 19.0 Å². The first-order valence-corrected chi connectivity index (χ1v) is 5.79. The molecule has 0 spiro atoms. The van der Waals surface area contributed by atoms with Crippen LogP contribution in [0, 0.1) is 0 Å². The maximum atomic E-state index is 12.6. The molecule has 1 aromatic heterocycles. The van der Waals surface area contributed by atoms with Crippen molar-refractivity contribution < 1.29 is 17.9 Å². The van der Waals surface area contributed by atoms with Gasteiger partial charge in [-0.1, -0.05) is 13.8 Å². The van der Waals surface area contributed by atoms with Crippen molar-refractivity contribution in [1.82, 2.24) is 10.3 Å². The zero-order chi connectivity index (χ0) is 13.6. The lowest BCUT2D eigenvalue weighted by Crippen LogP contribution is -2.25. The summed E-state index contributed by atoms with van der Waals surface area (Å²) in [7, 11) is 0. The van der Waals surface area contributed by atoms with E-state index in [-0.39, 0.29) is 12.5 Å². The van der Waals surface area contributed by atoms with E-state index < -0.39 is 11.7 Å². The molecule has 1 aromatic rings. The Bertz CT molecular complexity index is 367. The van der Waals surface area contributed by atoms with Gasteiger partial charge in [0.1, 0.15) is 5.56 Å². The number of hydrogen-bond donors (Lipinski definition) is 1. The Hall–Kier alpha value is -1.30. The van der Waals surface area contributed by atoms with Crippen LogP contribution in [0.15, 0.2) is 18.3 Å². The highest BCUT2D eigenvalue weighted by atomic mass is 19.4. The number of nitrogens with one attached hydrogen (secondary N) is 1. The average molecular weight is 262 g/mol. The molecule has 3 nitrogen and oxygen atoms in total.